The quantitative estimate of drug-likeness (QED) is 0.450. The van der Waals surface area contributed by atoms with Gasteiger partial charge in [-0.1, -0.05) is 0 Å². The summed E-state index contributed by atoms with van der Waals surface area (Å²) >= 11 is 0. The monoisotopic (exact) mass is 323 g/mol. The Morgan fingerprint density at radius 2 is 1.06 bits per heavy atom. The van der Waals surface area contributed by atoms with Crippen LogP contribution in [0.4, 0.5) is 25.2 Å². The molecule has 0 aromatic heterocycles. The molecule has 0 aliphatic rings. The number of hydrogen-bond donors (Lipinski definition) is 0. The molecule has 0 saturated heterocycles. The first-order valence-electron chi connectivity index (χ1n) is 4.41. The first kappa shape index (κ1) is 20.2. The van der Waals surface area contributed by atoms with Crippen LogP contribution in [0.2, 0.25) is 0 Å². The van der Waals surface area contributed by atoms with E-state index in [-0.39, 0.29) is 0 Å². The normalized spacial score (nSPS) is 15.9. The molecule has 0 aliphatic heterocycles. The van der Waals surface area contributed by atoms with Crippen LogP contribution in [0.5, 0.6) is 0 Å². The fourth-order valence-electron chi connectivity index (χ4n) is 1.08. The fraction of sp³-hybridized carbons (Fsp3) is 0.833. The van der Waals surface area contributed by atoms with Gasteiger partial charge in [-0.15, -0.1) is 0 Å². The van der Waals surface area contributed by atoms with Gasteiger partial charge in [0.15, 0.2) is 0 Å². The van der Waals surface area contributed by atoms with Crippen molar-refractivity contribution in [3.63, 3.8) is 0 Å². The summed E-state index contributed by atoms with van der Waals surface area (Å²) in [6.45, 7) is 0. The maximum atomic E-state index is 10.5. The van der Waals surface area contributed by atoms with E-state index in [2.05, 4.69) is 9.34 Å². The Morgan fingerprint density at radius 1 is 0.833 bits per heavy atom. The average Bonchev–Trinajstić information content (AvgIpc) is 1.96. The Kier molecular flexibility index (Phi) is 6.10. The van der Waals surface area contributed by atoms with Crippen molar-refractivity contribution in [2.45, 2.75) is 0 Å². The van der Waals surface area contributed by atoms with E-state index >= 15 is 0 Å². The number of rotatable bonds is 4. The Morgan fingerprint density at radius 3 is 1.11 bits per heavy atom. The van der Waals surface area contributed by atoms with Crippen LogP contribution in [0.1, 0.15) is 0 Å². The van der Waals surface area contributed by atoms with Crippen molar-refractivity contribution in [3.8, 4) is 0 Å². The van der Waals surface area contributed by atoms with Gasteiger partial charge in [-0.05, 0) is 0 Å². The molecule has 0 heterocycles. The first-order chi connectivity index (χ1) is 7.45. The van der Waals surface area contributed by atoms with Crippen molar-refractivity contribution < 1.29 is 30.0 Å². The summed E-state index contributed by atoms with van der Waals surface area (Å²) in [6, 6.07) is 0. The molecule has 114 valence electrons. The summed E-state index contributed by atoms with van der Waals surface area (Å²) in [5, 5.41) is 0. The molecular weight excluding hydrogens is 306 g/mol. The number of hydrogen-bond acceptors (Lipinski definition) is 3. The van der Waals surface area contributed by atoms with E-state index in [0.717, 1.165) is 6.41 Å². The zero-order valence-corrected chi connectivity index (χ0v) is 12.4. The van der Waals surface area contributed by atoms with Crippen LogP contribution < -0.4 is 0 Å². The Bertz CT molecular complexity index is 259. The van der Waals surface area contributed by atoms with E-state index < -0.39 is 16.2 Å². The zero-order valence-electron chi connectivity index (χ0n) is 10.5. The molecule has 0 unspecified atom stereocenters. The molecule has 0 fully saturated rings. The topological polar surface area (TPSA) is 26.8 Å². The van der Waals surface area contributed by atoms with E-state index in [9.17, 15) is 30.0 Å². The Balaban J connectivity index is 0. The van der Waals surface area contributed by atoms with Gasteiger partial charge in [-0.25, -0.2) is 0 Å². The van der Waals surface area contributed by atoms with Crippen LogP contribution in [-0.4, -0.2) is 55.7 Å². The standard InChI is InChI=1S/C6H16N3OP.F6P/c1-7(2)11(8(3)4)9(5)6-10;1-7(2,3,4,5)6/h6H,1-5H3;/q;-1/p+1. The van der Waals surface area contributed by atoms with Gasteiger partial charge in [0, 0.05) is 35.2 Å². The molecule has 18 heavy (non-hydrogen) atoms. The summed E-state index contributed by atoms with van der Waals surface area (Å²) in [5.41, 5.74) is 0. The van der Waals surface area contributed by atoms with Crippen molar-refractivity contribution in [1.29, 1.82) is 0 Å². The van der Waals surface area contributed by atoms with Crippen LogP contribution in [0.3, 0.4) is 0 Å². The molecule has 4 nitrogen and oxygen atoms in total. The molecule has 0 spiro atoms. The summed E-state index contributed by atoms with van der Waals surface area (Å²) in [7, 11) is -1.90. The van der Waals surface area contributed by atoms with Crippen molar-refractivity contribution in [2.75, 3.05) is 35.2 Å². The van der Waals surface area contributed by atoms with E-state index in [1.807, 2.05) is 28.2 Å². The van der Waals surface area contributed by atoms with Crippen molar-refractivity contribution in [3.05, 3.63) is 0 Å². The van der Waals surface area contributed by atoms with Gasteiger partial charge in [0.25, 0.3) is 0 Å². The van der Waals surface area contributed by atoms with E-state index in [1.54, 1.807) is 11.7 Å². The summed E-state index contributed by atoms with van der Waals surface area (Å²) < 4.78 is 65.0. The minimum absolute atomic E-state index is 0.869. The Hall–Kier alpha value is -0.170. The number of nitrogens with zero attached hydrogens (tertiary/aromatic N) is 3. The van der Waals surface area contributed by atoms with Crippen LogP contribution in [0.25, 0.3) is 0 Å². The second-order valence-corrected chi connectivity index (χ2v) is 8.77. The Labute approximate surface area is 103 Å². The molecule has 1 amide bonds. The first-order valence-corrected chi connectivity index (χ1v) is 7.78. The second-order valence-electron chi connectivity index (χ2n) is 3.76. The van der Waals surface area contributed by atoms with E-state index in [1.165, 1.54) is 0 Å². The molecule has 0 atom stereocenters. The molecule has 0 aromatic carbocycles. The van der Waals surface area contributed by atoms with Crippen LogP contribution >= 0.6 is 16.2 Å². The van der Waals surface area contributed by atoms with Crippen molar-refractivity contribution in [2.24, 2.45) is 0 Å². The maximum absolute atomic E-state index is 10.7. The van der Waals surface area contributed by atoms with E-state index in [0.29, 0.717) is 0 Å². The third-order valence-electron chi connectivity index (χ3n) is 1.27. The number of carbonyl (C=O) groups is 1. The molecule has 0 radical (unpaired) electrons. The molecule has 0 N–H and O–H groups in total. The van der Waals surface area contributed by atoms with Gasteiger partial charge in [0.1, 0.15) is 0 Å². The summed E-state index contributed by atoms with van der Waals surface area (Å²) in [4.78, 5) is 10.5. The summed E-state index contributed by atoms with van der Waals surface area (Å²) in [5.74, 6) is 0. The summed E-state index contributed by atoms with van der Waals surface area (Å²) in [6.07, 6.45) is 0.869. The number of amides is 1. The molecular formula is C6H17F6N3OP2. The van der Waals surface area contributed by atoms with Crippen LogP contribution in [0, 0.1) is 0 Å². The molecule has 0 rings (SSSR count). The van der Waals surface area contributed by atoms with Gasteiger partial charge in [0.2, 0.25) is 14.8 Å². The van der Waals surface area contributed by atoms with Crippen LogP contribution in [0.15, 0.2) is 0 Å². The van der Waals surface area contributed by atoms with Crippen molar-refractivity contribution >= 4 is 22.6 Å². The molecule has 12 heteroatoms. The van der Waals surface area contributed by atoms with Gasteiger partial charge < -0.3 is 0 Å². The van der Waals surface area contributed by atoms with Gasteiger partial charge >= 0.3 is 33.0 Å². The van der Waals surface area contributed by atoms with Crippen molar-refractivity contribution in [1.82, 2.24) is 14.0 Å². The van der Waals surface area contributed by atoms with Gasteiger partial charge in [-0.3, -0.25) is 4.79 Å². The third-order valence-corrected chi connectivity index (χ3v) is 3.61. The average molecular weight is 323 g/mol. The van der Waals surface area contributed by atoms with Gasteiger partial charge in [-0.2, -0.15) is 14.0 Å². The van der Waals surface area contributed by atoms with Gasteiger partial charge in [0.05, 0.1) is 0 Å². The number of halogens is 6. The molecule has 0 aromatic rings. The van der Waals surface area contributed by atoms with E-state index in [4.69, 9.17) is 0 Å². The zero-order chi connectivity index (χ0) is 15.4. The molecule has 0 saturated carbocycles. The minimum atomic E-state index is -10.7. The predicted octanol–water partition coefficient (Wildman–Crippen LogP) is 3.54. The van der Waals surface area contributed by atoms with Crippen LogP contribution in [-0.2, 0) is 4.79 Å². The predicted molar refractivity (Wildman–Crippen MR) is 63.1 cm³/mol. The molecule has 0 aliphatic carbocycles. The SMILES string of the molecule is CN(C)[PH+](N(C)C)N(C)C=O.F[P-](F)(F)(F)(F)F. The third kappa shape index (κ3) is 18.2. The number of carbonyl (C=O) groups excluding carboxylic acids is 1. The fourth-order valence-corrected chi connectivity index (χ4v) is 3.23. The molecule has 0 bridgehead atoms. The second kappa shape index (κ2) is 5.45.